The van der Waals surface area contributed by atoms with Crippen LogP contribution in [0.5, 0.6) is 34.5 Å². The van der Waals surface area contributed by atoms with E-state index in [-0.39, 0.29) is 32.2 Å². The fourth-order valence-electron chi connectivity index (χ4n) is 5.91. The highest BCUT2D eigenvalue weighted by molar-refractivity contribution is 5.80. The van der Waals surface area contributed by atoms with E-state index in [4.69, 9.17) is 32.5 Å². The predicted molar refractivity (Wildman–Crippen MR) is 202 cm³/mol. The Morgan fingerprint density at radius 3 is 1.44 bits per heavy atom. The highest BCUT2D eigenvalue weighted by atomic mass is 16.5. The molecule has 0 saturated carbocycles. The SMILES string of the molecule is C=CCOc1cc(-c2ocnc2-c2cc(CO)c(CO)c(OC)c2)ccc1OC.COc1ccc(-c2ocnc2-c2cc(CO)c(CO)c(OC)c2)cc1O. The van der Waals surface area contributed by atoms with Crippen LogP contribution in [-0.4, -0.2) is 70.5 Å². The van der Waals surface area contributed by atoms with Crippen molar-refractivity contribution >= 4 is 0 Å². The van der Waals surface area contributed by atoms with Crippen LogP contribution >= 0.6 is 0 Å². The van der Waals surface area contributed by atoms with E-state index in [1.165, 1.54) is 40.2 Å². The number of aliphatic hydroxyl groups is 4. The van der Waals surface area contributed by atoms with Gasteiger partial charge in [0.15, 0.2) is 47.3 Å². The van der Waals surface area contributed by atoms with Gasteiger partial charge in [0.05, 0.1) is 54.9 Å². The molecule has 0 amide bonds. The fraction of sp³-hybridized carbons (Fsp3) is 0.220. The van der Waals surface area contributed by atoms with Gasteiger partial charge in [-0.05, 0) is 71.8 Å². The van der Waals surface area contributed by atoms with Crippen molar-refractivity contribution in [3.05, 3.63) is 108 Å². The molecule has 0 unspecified atom stereocenters. The summed E-state index contributed by atoms with van der Waals surface area (Å²) in [4.78, 5) is 8.61. The number of methoxy groups -OCH3 is 4. The maximum absolute atomic E-state index is 10.0. The molecule has 6 rings (SSSR count). The number of phenolic OH excluding ortho intramolecular Hbond substituents is 1. The summed E-state index contributed by atoms with van der Waals surface area (Å²) in [5.41, 5.74) is 5.94. The van der Waals surface area contributed by atoms with Crippen molar-refractivity contribution in [2.75, 3.05) is 35.0 Å². The van der Waals surface area contributed by atoms with Crippen LogP contribution in [0.3, 0.4) is 0 Å². The maximum atomic E-state index is 10.0. The molecular formula is C41H42N2O12. The second-order valence-corrected chi connectivity index (χ2v) is 11.7. The largest absolute Gasteiger partial charge is 0.504 e. The second kappa shape index (κ2) is 18.6. The summed E-state index contributed by atoms with van der Waals surface area (Å²) in [7, 11) is 6.04. The number of rotatable bonds is 15. The lowest BCUT2D eigenvalue weighted by molar-refractivity contribution is 0.254. The molecule has 0 aliphatic carbocycles. The zero-order chi connectivity index (χ0) is 39.5. The Balaban J connectivity index is 0.000000212. The van der Waals surface area contributed by atoms with Crippen molar-refractivity contribution < 1.29 is 58.1 Å². The lowest BCUT2D eigenvalue weighted by Crippen LogP contribution is -2.00. The van der Waals surface area contributed by atoms with Crippen molar-refractivity contribution in [1.82, 2.24) is 9.97 Å². The lowest BCUT2D eigenvalue weighted by atomic mass is 9.99. The van der Waals surface area contributed by atoms with Crippen LogP contribution in [0.1, 0.15) is 22.3 Å². The standard InChI is InChI=1S/C22H23NO6.C19H19NO6/c1-4-7-28-20-9-14(5-6-18(20)26-2)22-21(23-13-29-22)15-8-16(11-24)17(12-25)19(10-15)27-3;1-24-16-4-3-11(6-15(16)23)19-18(20-10-26-19)12-5-13(8-21)14(9-22)17(7-12)25-2/h4-6,8-10,13,24-25H,1,7,11-12H2,2-3H3;3-7,10,21-23H,8-9H2,1-2H3. The van der Waals surface area contributed by atoms with E-state index in [1.807, 2.05) is 6.07 Å². The average molecular weight is 755 g/mol. The van der Waals surface area contributed by atoms with E-state index in [0.29, 0.717) is 97.2 Å². The third-order valence-electron chi connectivity index (χ3n) is 8.60. The summed E-state index contributed by atoms with van der Waals surface area (Å²) in [6, 6.07) is 17.3. The zero-order valence-corrected chi connectivity index (χ0v) is 30.7. The Morgan fingerprint density at radius 2 is 1.02 bits per heavy atom. The molecule has 6 aromatic rings. The molecule has 0 spiro atoms. The van der Waals surface area contributed by atoms with Gasteiger partial charge < -0.3 is 58.1 Å². The summed E-state index contributed by atoms with van der Waals surface area (Å²) >= 11 is 0. The number of aromatic nitrogens is 2. The molecule has 0 aliphatic heterocycles. The Labute approximate surface area is 317 Å². The van der Waals surface area contributed by atoms with Gasteiger partial charge in [0.25, 0.3) is 0 Å². The summed E-state index contributed by atoms with van der Waals surface area (Å²) < 4.78 is 38.0. The van der Waals surface area contributed by atoms with Crippen LogP contribution < -0.4 is 23.7 Å². The predicted octanol–water partition coefficient (Wildman–Crippen LogP) is 6.29. The molecule has 2 aromatic heterocycles. The van der Waals surface area contributed by atoms with Crippen LogP contribution in [0.15, 0.2) is 94.9 Å². The van der Waals surface area contributed by atoms with E-state index >= 15 is 0 Å². The number of ether oxygens (including phenoxy) is 5. The van der Waals surface area contributed by atoms with Crippen molar-refractivity contribution in [3.8, 4) is 79.7 Å². The van der Waals surface area contributed by atoms with E-state index in [9.17, 15) is 25.5 Å². The average Bonchev–Trinajstić information content (AvgIpc) is 3.93. The monoisotopic (exact) mass is 754 g/mol. The van der Waals surface area contributed by atoms with Gasteiger partial charge in [-0.2, -0.15) is 0 Å². The van der Waals surface area contributed by atoms with Crippen LogP contribution in [0.2, 0.25) is 0 Å². The highest BCUT2D eigenvalue weighted by Gasteiger charge is 2.21. The molecule has 14 heteroatoms. The molecule has 5 N–H and O–H groups in total. The van der Waals surface area contributed by atoms with Crippen LogP contribution in [0, 0.1) is 0 Å². The van der Waals surface area contributed by atoms with Gasteiger partial charge in [-0.3, -0.25) is 0 Å². The first-order valence-electron chi connectivity index (χ1n) is 16.8. The molecule has 0 saturated heterocycles. The van der Waals surface area contributed by atoms with Gasteiger partial charge in [-0.25, -0.2) is 9.97 Å². The minimum absolute atomic E-state index is 0.0170. The second-order valence-electron chi connectivity index (χ2n) is 11.7. The smallest absolute Gasteiger partial charge is 0.182 e. The van der Waals surface area contributed by atoms with E-state index in [2.05, 4.69) is 16.5 Å². The van der Waals surface area contributed by atoms with Crippen LogP contribution in [0.4, 0.5) is 0 Å². The van der Waals surface area contributed by atoms with Crippen molar-refractivity contribution in [2.45, 2.75) is 26.4 Å². The Bertz CT molecular complexity index is 2180. The van der Waals surface area contributed by atoms with Gasteiger partial charge in [0.1, 0.15) is 29.5 Å². The van der Waals surface area contributed by atoms with E-state index in [1.54, 1.807) is 61.7 Å². The molecule has 288 valence electrons. The fourth-order valence-corrected chi connectivity index (χ4v) is 5.91. The number of benzene rings is 4. The third-order valence-corrected chi connectivity index (χ3v) is 8.60. The van der Waals surface area contributed by atoms with E-state index < -0.39 is 0 Å². The summed E-state index contributed by atoms with van der Waals surface area (Å²) in [6.45, 7) is 3.01. The summed E-state index contributed by atoms with van der Waals surface area (Å²) in [5, 5.41) is 48.5. The molecule has 4 aromatic carbocycles. The van der Waals surface area contributed by atoms with Gasteiger partial charge in [-0.15, -0.1) is 0 Å². The molecule has 14 nitrogen and oxygen atoms in total. The minimum atomic E-state index is -0.253. The lowest BCUT2D eigenvalue weighted by Gasteiger charge is -2.14. The number of hydrogen-bond donors (Lipinski definition) is 5. The van der Waals surface area contributed by atoms with Crippen LogP contribution in [-0.2, 0) is 26.4 Å². The molecular weight excluding hydrogens is 712 g/mol. The van der Waals surface area contributed by atoms with Crippen molar-refractivity contribution in [2.24, 2.45) is 0 Å². The Hall–Kier alpha value is -6.32. The number of aromatic hydroxyl groups is 1. The number of hydrogen-bond acceptors (Lipinski definition) is 14. The van der Waals surface area contributed by atoms with Gasteiger partial charge in [0.2, 0.25) is 0 Å². The topological polar surface area (TPSA) is 199 Å². The van der Waals surface area contributed by atoms with Gasteiger partial charge >= 0.3 is 0 Å². The number of phenols is 1. The van der Waals surface area contributed by atoms with Crippen molar-refractivity contribution in [3.63, 3.8) is 0 Å². The van der Waals surface area contributed by atoms with Crippen molar-refractivity contribution in [1.29, 1.82) is 0 Å². The zero-order valence-electron chi connectivity index (χ0n) is 30.7. The first-order chi connectivity index (χ1) is 26.8. The molecule has 0 fully saturated rings. The highest BCUT2D eigenvalue weighted by Crippen LogP contribution is 2.40. The minimum Gasteiger partial charge on any atom is -0.504 e. The summed E-state index contributed by atoms with van der Waals surface area (Å²) in [6.07, 6.45) is 4.30. The molecule has 2 heterocycles. The Kier molecular flexibility index (Phi) is 13.5. The molecule has 0 radical (unpaired) electrons. The Morgan fingerprint density at radius 1 is 0.564 bits per heavy atom. The number of oxazole rings is 2. The maximum Gasteiger partial charge on any atom is 0.182 e. The first-order valence-corrected chi connectivity index (χ1v) is 16.8. The van der Waals surface area contributed by atoms with Crippen LogP contribution in [0.25, 0.3) is 45.2 Å². The first kappa shape index (κ1) is 39.9. The molecule has 0 bridgehead atoms. The molecule has 0 atom stereocenters. The normalized spacial score (nSPS) is 10.7. The van der Waals surface area contributed by atoms with Gasteiger partial charge in [-0.1, -0.05) is 12.7 Å². The van der Waals surface area contributed by atoms with Gasteiger partial charge in [0, 0.05) is 33.4 Å². The molecule has 0 aliphatic rings. The quantitative estimate of drug-likeness (QED) is 0.0733. The van der Waals surface area contributed by atoms with E-state index in [0.717, 1.165) is 5.56 Å². The third kappa shape index (κ3) is 8.58. The number of nitrogens with zero attached hydrogens (tertiary/aromatic N) is 2. The summed E-state index contributed by atoms with van der Waals surface area (Å²) in [5.74, 6) is 3.37. The molecule has 55 heavy (non-hydrogen) atoms. The number of aliphatic hydroxyl groups excluding tert-OH is 4.